The molecule has 0 radical (unpaired) electrons. The molecule has 202 valence electrons. The van der Waals surface area contributed by atoms with Crippen LogP contribution in [0, 0.1) is 0 Å². The maximum Gasteiger partial charge on any atom is 0.573 e. The number of nitrogens with zero attached hydrogens (tertiary/aromatic N) is 4. The normalized spacial score (nSPS) is 11.6. The topological polar surface area (TPSA) is 110 Å². The first-order valence-electron chi connectivity index (χ1n) is 11.6. The molecule has 2 aromatic heterocycles. The fraction of sp³-hybridized carbons (Fsp3) is 0.320. The van der Waals surface area contributed by atoms with Crippen LogP contribution in [0.25, 0.3) is 11.2 Å². The number of aryl methyl sites for hydroxylation is 1. The molecular formula is C25H25F3N4O6. The maximum atomic E-state index is 13.3. The van der Waals surface area contributed by atoms with E-state index in [1.807, 2.05) is 30.3 Å². The van der Waals surface area contributed by atoms with Gasteiger partial charge in [-0.15, -0.1) is 13.2 Å². The molecule has 38 heavy (non-hydrogen) atoms. The summed E-state index contributed by atoms with van der Waals surface area (Å²) in [6, 6.07) is 14.4. The van der Waals surface area contributed by atoms with Crippen molar-refractivity contribution in [3.8, 4) is 17.5 Å². The summed E-state index contributed by atoms with van der Waals surface area (Å²) in [6.07, 6.45) is -4.60. The number of aromatic nitrogens is 4. The van der Waals surface area contributed by atoms with Gasteiger partial charge < -0.3 is 19.3 Å². The monoisotopic (exact) mass is 534 g/mol. The number of benzene rings is 2. The van der Waals surface area contributed by atoms with Crippen LogP contribution in [0.15, 0.2) is 64.2 Å². The van der Waals surface area contributed by atoms with Gasteiger partial charge in [0.15, 0.2) is 11.2 Å². The number of rotatable bonds is 11. The van der Waals surface area contributed by atoms with Crippen molar-refractivity contribution in [2.24, 2.45) is 7.05 Å². The number of hydrogen-bond donors (Lipinski definition) is 1. The van der Waals surface area contributed by atoms with Crippen LogP contribution in [0.1, 0.15) is 12.0 Å². The number of imidazole rings is 1. The predicted molar refractivity (Wildman–Crippen MR) is 131 cm³/mol. The Bertz CT molecular complexity index is 1510. The second-order valence-electron chi connectivity index (χ2n) is 8.23. The van der Waals surface area contributed by atoms with Crippen LogP contribution in [0.5, 0.6) is 17.5 Å². The van der Waals surface area contributed by atoms with Crippen LogP contribution in [0.2, 0.25) is 0 Å². The highest BCUT2D eigenvalue weighted by Crippen LogP contribution is 2.26. The third-order valence-electron chi connectivity index (χ3n) is 5.54. The third-order valence-corrected chi connectivity index (χ3v) is 5.54. The van der Waals surface area contributed by atoms with E-state index in [1.165, 1.54) is 23.7 Å². The lowest BCUT2D eigenvalue weighted by atomic mass is 10.2. The number of aliphatic hydroxyl groups excluding tert-OH is 1. The summed E-state index contributed by atoms with van der Waals surface area (Å²) in [5.74, 6) is -0.277. The van der Waals surface area contributed by atoms with Crippen molar-refractivity contribution in [2.45, 2.75) is 25.9 Å². The Morgan fingerprint density at radius 3 is 2.37 bits per heavy atom. The summed E-state index contributed by atoms with van der Waals surface area (Å²) in [5.41, 5.74) is -0.000774. The van der Waals surface area contributed by atoms with Crippen LogP contribution >= 0.6 is 0 Å². The molecule has 0 aliphatic carbocycles. The lowest BCUT2D eigenvalue weighted by Crippen LogP contribution is -2.39. The molecule has 0 unspecified atom stereocenters. The maximum absolute atomic E-state index is 13.3. The lowest BCUT2D eigenvalue weighted by Gasteiger charge is -2.12. The fourth-order valence-corrected chi connectivity index (χ4v) is 3.85. The number of halogens is 3. The second kappa shape index (κ2) is 11.4. The molecule has 2 aromatic carbocycles. The molecule has 0 aliphatic heterocycles. The van der Waals surface area contributed by atoms with Gasteiger partial charge in [0, 0.05) is 26.3 Å². The lowest BCUT2D eigenvalue weighted by molar-refractivity contribution is -0.274. The Labute approximate surface area is 214 Å². The molecule has 0 amide bonds. The fourth-order valence-electron chi connectivity index (χ4n) is 3.85. The van der Waals surface area contributed by atoms with Gasteiger partial charge in [0.05, 0.1) is 6.54 Å². The molecule has 1 N–H and O–H groups in total. The van der Waals surface area contributed by atoms with E-state index in [4.69, 9.17) is 9.47 Å². The van der Waals surface area contributed by atoms with Crippen LogP contribution < -0.4 is 25.5 Å². The summed E-state index contributed by atoms with van der Waals surface area (Å²) in [7, 11) is 1.49. The van der Waals surface area contributed by atoms with Gasteiger partial charge in [-0.25, -0.2) is 4.79 Å². The number of aliphatic hydroxyl groups is 1. The van der Waals surface area contributed by atoms with Crippen LogP contribution in [0.4, 0.5) is 13.2 Å². The number of fused-ring (bicyclic) bond motifs is 1. The zero-order valence-electron chi connectivity index (χ0n) is 20.3. The molecule has 0 aliphatic rings. The van der Waals surface area contributed by atoms with Crippen molar-refractivity contribution < 1.29 is 32.5 Å². The van der Waals surface area contributed by atoms with Gasteiger partial charge in [-0.2, -0.15) is 4.98 Å². The van der Waals surface area contributed by atoms with Crippen molar-refractivity contribution in [1.82, 2.24) is 18.7 Å². The molecule has 0 saturated carbocycles. The summed E-state index contributed by atoms with van der Waals surface area (Å²) < 4.78 is 56.4. The largest absolute Gasteiger partial charge is 0.573 e. The molecule has 10 nitrogen and oxygen atoms in total. The Kier molecular flexibility index (Phi) is 8.05. The Balaban J connectivity index is 1.60. The quantitative estimate of drug-likeness (QED) is 0.295. The molecule has 2 heterocycles. The zero-order chi connectivity index (χ0) is 27.3. The van der Waals surface area contributed by atoms with Crippen molar-refractivity contribution in [3.05, 3.63) is 81.0 Å². The molecule has 4 aromatic rings. The minimum absolute atomic E-state index is 0.0373. The first-order chi connectivity index (χ1) is 18.2. The molecule has 0 atom stereocenters. The van der Waals surface area contributed by atoms with Gasteiger partial charge in [0.1, 0.15) is 24.7 Å². The van der Waals surface area contributed by atoms with E-state index in [1.54, 1.807) is 4.57 Å². The molecule has 0 spiro atoms. The standard InChI is InChI=1S/C25H25F3N4O6/c1-30-21-20(22(34)31(24(30)35)11-6-12-33)32(16-17-7-3-2-4-8-17)23(29-21)37-14-13-36-18-9-5-10-19(15-18)38-25(26,27)28/h2-5,7-10,15,33H,6,11-14,16H2,1H3. The highest BCUT2D eigenvalue weighted by Gasteiger charge is 2.31. The van der Waals surface area contributed by atoms with Crippen molar-refractivity contribution in [2.75, 3.05) is 19.8 Å². The van der Waals surface area contributed by atoms with Gasteiger partial charge >= 0.3 is 12.1 Å². The second-order valence-corrected chi connectivity index (χ2v) is 8.23. The van der Waals surface area contributed by atoms with E-state index < -0.39 is 23.4 Å². The van der Waals surface area contributed by atoms with Crippen molar-refractivity contribution >= 4 is 11.2 Å². The number of alkyl halides is 3. The molecule has 0 fully saturated rings. The summed E-state index contributed by atoms with van der Waals surface area (Å²) in [6.45, 7) is -0.0390. The Morgan fingerprint density at radius 2 is 1.66 bits per heavy atom. The van der Waals surface area contributed by atoms with E-state index in [0.29, 0.717) is 0 Å². The minimum Gasteiger partial charge on any atom is -0.490 e. The van der Waals surface area contributed by atoms with E-state index >= 15 is 0 Å². The van der Waals surface area contributed by atoms with E-state index in [0.717, 1.165) is 22.3 Å². The number of ether oxygens (including phenoxy) is 3. The van der Waals surface area contributed by atoms with Gasteiger partial charge in [0.25, 0.3) is 11.6 Å². The average Bonchev–Trinajstić information content (AvgIpc) is 3.23. The number of hydrogen-bond acceptors (Lipinski definition) is 7. The Morgan fingerprint density at radius 1 is 0.947 bits per heavy atom. The van der Waals surface area contributed by atoms with Gasteiger partial charge in [-0.1, -0.05) is 36.4 Å². The third kappa shape index (κ3) is 6.17. The molecule has 13 heteroatoms. The van der Waals surface area contributed by atoms with E-state index in [2.05, 4.69) is 9.72 Å². The van der Waals surface area contributed by atoms with Gasteiger partial charge in [0.2, 0.25) is 0 Å². The van der Waals surface area contributed by atoms with Gasteiger partial charge in [-0.05, 0) is 24.1 Å². The molecule has 0 bridgehead atoms. The summed E-state index contributed by atoms with van der Waals surface area (Å²) in [4.78, 5) is 30.5. The smallest absolute Gasteiger partial charge is 0.490 e. The Hall–Kier alpha value is -4.26. The van der Waals surface area contributed by atoms with Crippen LogP contribution in [-0.2, 0) is 20.1 Å². The SMILES string of the molecule is Cn1c(=O)n(CCCO)c(=O)c2c1nc(OCCOc1cccc(OC(F)(F)F)c1)n2Cc1ccccc1. The zero-order valence-corrected chi connectivity index (χ0v) is 20.3. The highest BCUT2D eigenvalue weighted by atomic mass is 19.4. The summed E-state index contributed by atoms with van der Waals surface area (Å²) in [5, 5.41) is 9.18. The minimum atomic E-state index is -4.82. The van der Waals surface area contributed by atoms with E-state index in [9.17, 15) is 27.9 Å². The average molecular weight is 534 g/mol. The summed E-state index contributed by atoms with van der Waals surface area (Å²) >= 11 is 0. The van der Waals surface area contributed by atoms with E-state index in [-0.39, 0.29) is 62.3 Å². The first-order valence-corrected chi connectivity index (χ1v) is 11.6. The van der Waals surface area contributed by atoms with Crippen LogP contribution in [-0.4, -0.2) is 50.0 Å². The highest BCUT2D eigenvalue weighted by molar-refractivity contribution is 5.72. The predicted octanol–water partition coefficient (Wildman–Crippen LogP) is 2.68. The molecule has 0 saturated heterocycles. The van der Waals surface area contributed by atoms with Crippen molar-refractivity contribution in [3.63, 3.8) is 0 Å². The van der Waals surface area contributed by atoms with Crippen molar-refractivity contribution in [1.29, 1.82) is 0 Å². The molecule has 4 rings (SSSR count). The van der Waals surface area contributed by atoms with Gasteiger partial charge in [-0.3, -0.25) is 18.5 Å². The molecular weight excluding hydrogens is 509 g/mol. The first kappa shape index (κ1) is 26.8. The van der Waals surface area contributed by atoms with Crippen LogP contribution in [0.3, 0.4) is 0 Å².